The summed E-state index contributed by atoms with van der Waals surface area (Å²) in [7, 11) is 0.390. The van der Waals surface area contributed by atoms with Crippen molar-refractivity contribution in [2.24, 2.45) is 0 Å². The predicted octanol–water partition coefficient (Wildman–Crippen LogP) is 5.16. The lowest BCUT2D eigenvalue weighted by atomic mass is 10.2. The van der Waals surface area contributed by atoms with Crippen molar-refractivity contribution in [3.8, 4) is 5.75 Å². The van der Waals surface area contributed by atoms with Crippen molar-refractivity contribution in [2.45, 2.75) is 51.9 Å². The highest BCUT2D eigenvalue weighted by Gasteiger charge is 2.03. The minimum atomic E-state index is -0.422. The normalized spacial score (nSPS) is 11.3. The highest BCUT2D eigenvalue weighted by atomic mass is 31.1. The van der Waals surface area contributed by atoms with Crippen LogP contribution in [0.15, 0.2) is 24.3 Å². The SMILES string of the molecule is CCCCOc1ccc(CCPC(=O)CCCCCOCCF)cc1. The second-order valence-corrected chi connectivity index (χ2v) is 7.47. The predicted molar refractivity (Wildman–Crippen MR) is 104 cm³/mol. The fraction of sp³-hybridized carbons (Fsp3) is 0.650. The van der Waals surface area contributed by atoms with E-state index in [0.29, 0.717) is 27.1 Å². The van der Waals surface area contributed by atoms with E-state index in [9.17, 15) is 9.18 Å². The highest BCUT2D eigenvalue weighted by Crippen LogP contribution is 2.20. The van der Waals surface area contributed by atoms with Gasteiger partial charge in [0.25, 0.3) is 0 Å². The van der Waals surface area contributed by atoms with Gasteiger partial charge in [-0.2, -0.15) is 0 Å². The first-order valence-electron chi connectivity index (χ1n) is 9.38. The van der Waals surface area contributed by atoms with Crippen LogP contribution in [0, 0.1) is 0 Å². The van der Waals surface area contributed by atoms with Crippen LogP contribution in [0.1, 0.15) is 51.0 Å². The van der Waals surface area contributed by atoms with Crippen LogP contribution in [-0.2, 0) is 16.0 Å². The summed E-state index contributed by atoms with van der Waals surface area (Å²) in [6.45, 7) is 3.28. The lowest BCUT2D eigenvalue weighted by Gasteiger charge is -2.07. The zero-order valence-corrected chi connectivity index (χ0v) is 16.4. The van der Waals surface area contributed by atoms with E-state index in [1.807, 2.05) is 12.1 Å². The average Bonchev–Trinajstić information content (AvgIpc) is 2.62. The van der Waals surface area contributed by atoms with E-state index in [4.69, 9.17) is 9.47 Å². The van der Waals surface area contributed by atoms with Crippen LogP contribution in [0.25, 0.3) is 0 Å². The number of aryl methyl sites for hydroxylation is 1. The monoisotopic (exact) mass is 370 g/mol. The van der Waals surface area contributed by atoms with Gasteiger partial charge in [0.15, 0.2) is 5.52 Å². The van der Waals surface area contributed by atoms with Gasteiger partial charge in [-0.1, -0.05) is 40.5 Å². The third kappa shape index (κ3) is 12.1. The van der Waals surface area contributed by atoms with E-state index in [1.165, 1.54) is 5.56 Å². The van der Waals surface area contributed by atoms with Crippen molar-refractivity contribution < 1.29 is 18.7 Å². The van der Waals surface area contributed by atoms with Gasteiger partial charge < -0.3 is 9.47 Å². The Labute approximate surface area is 153 Å². The maximum Gasteiger partial charge on any atom is 0.151 e. The number of halogens is 1. The molecule has 0 aliphatic heterocycles. The Kier molecular flexibility index (Phi) is 13.5. The first-order valence-corrected chi connectivity index (χ1v) is 10.6. The molecule has 0 amide bonds. The zero-order chi connectivity index (χ0) is 18.2. The maximum absolute atomic E-state index is 11.9. The van der Waals surface area contributed by atoms with Crippen molar-refractivity contribution in [3.63, 3.8) is 0 Å². The van der Waals surface area contributed by atoms with Crippen LogP contribution in [0.4, 0.5) is 4.39 Å². The van der Waals surface area contributed by atoms with Gasteiger partial charge in [-0.05, 0) is 49.5 Å². The Balaban J connectivity index is 2.04. The van der Waals surface area contributed by atoms with Gasteiger partial charge in [-0.15, -0.1) is 0 Å². The molecule has 0 aromatic heterocycles. The molecule has 1 unspecified atom stereocenters. The van der Waals surface area contributed by atoms with E-state index < -0.39 is 6.67 Å². The first-order chi connectivity index (χ1) is 12.3. The Morgan fingerprint density at radius 2 is 1.84 bits per heavy atom. The van der Waals surface area contributed by atoms with Crippen LogP contribution in [-0.4, -0.2) is 38.2 Å². The molecule has 0 radical (unpaired) electrons. The summed E-state index contributed by atoms with van der Waals surface area (Å²) < 4.78 is 22.5. The van der Waals surface area contributed by atoms with Crippen molar-refractivity contribution >= 4 is 14.1 Å². The molecule has 0 saturated carbocycles. The topological polar surface area (TPSA) is 35.5 Å². The van der Waals surface area contributed by atoms with Crippen LogP contribution < -0.4 is 4.74 Å². The van der Waals surface area contributed by atoms with Crippen LogP contribution >= 0.6 is 8.58 Å². The fourth-order valence-corrected chi connectivity index (χ4v) is 3.39. The molecule has 25 heavy (non-hydrogen) atoms. The molecule has 142 valence electrons. The van der Waals surface area contributed by atoms with E-state index in [0.717, 1.165) is 57.0 Å². The average molecular weight is 370 g/mol. The smallest absolute Gasteiger partial charge is 0.151 e. The van der Waals surface area contributed by atoms with Gasteiger partial charge in [0.05, 0.1) is 13.2 Å². The molecule has 1 rings (SSSR count). The van der Waals surface area contributed by atoms with Gasteiger partial charge >= 0.3 is 0 Å². The third-order valence-corrected chi connectivity index (χ3v) is 4.98. The summed E-state index contributed by atoms with van der Waals surface area (Å²) in [5.41, 5.74) is 1.62. The summed E-state index contributed by atoms with van der Waals surface area (Å²) in [4.78, 5) is 11.9. The number of carbonyl (C=O) groups excluding carboxylic acids is 1. The Morgan fingerprint density at radius 3 is 2.56 bits per heavy atom. The molecule has 1 atom stereocenters. The first kappa shape index (κ1) is 22.1. The molecule has 0 spiro atoms. The summed E-state index contributed by atoms with van der Waals surface area (Å²) in [5, 5.41) is 0. The van der Waals surface area contributed by atoms with Crippen molar-refractivity contribution in [2.75, 3.05) is 32.7 Å². The summed E-state index contributed by atoms with van der Waals surface area (Å²) in [5.74, 6) is 0.922. The molecular weight excluding hydrogens is 338 g/mol. The van der Waals surface area contributed by atoms with E-state index >= 15 is 0 Å². The number of rotatable bonds is 16. The van der Waals surface area contributed by atoms with Gasteiger partial charge in [-0.3, -0.25) is 4.79 Å². The highest BCUT2D eigenvalue weighted by molar-refractivity contribution is 7.57. The molecule has 0 fully saturated rings. The molecule has 0 N–H and O–H groups in total. The Bertz CT molecular complexity index is 451. The minimum Gasteiger partial charge on any atom is -0.494 e. The van der Waals surface area contributed by atoms with Crippen molar-refractivity contribution in [3.05, 3.63) is 29.8 Å². The zero-order valence-electron chi connectivity index (χ0n) is 15.4. The number of hydrogen-bond donors (Lipinski definition) is 0. The van der Waals surface area contributed by atoms with E-state index in [2.05, 4.69) is 19.1 Å². The number of hydrogen-bond acceptors (Lipinski definition) is 3. The second kappa shape index (κ2) is 15.3. The number of ether oxygens (including phenoxy) is 2. The molecule has 0 bridgehead atoms. The largest absolute Gasteiger partial charge is 0.494 e. The van der Waals surface area contributed by atoms with Gasteiger partial charge in [0, 0.05) is 13.0 Å². The molecule has 0 heterocycles. The van der Waals surface area contributed by atoms with Crippen molar-refractivity contribution in [1.82, 2.24) is 0 Å². The van der Waals surface area contributed by atoms with Crippen LogP contribution in [0.2, 0.25) is 0 Å². The van der Waals surface area contributed by atoms with Crippen molar-refractivity contribution in [1.29, 1.82) is 0 Å². The summed E-state index contributed by atoms with van der Waals surface area (Å²) >= 11 is 0. The Morgan fingerprint density at radius 1 is 1.04 bits per heavy atom. The fourth-order valence-electron chi connectivity index (χ4n) is 2.34. The molecule has 1 aromatic carbocycles. The summed E-state index contributed by atoms with van der Waals surface area (Å²) in [6, 6.07) is 8.21. The third-order valence-electron chi connectivity index (χ3n) is 3.84. The molecule has 0 aliphatic carbocycles. The Hall–Kier alpha value is -0.990. The quantitative estimate of drug-likeness (QED) is 0.298. The molecular formula is C20H32FO3P. The molecule has 1 aromatic rings. The molecule has 5 heteroatoms. The van der Waals surface area contributed by atoms with E-state index in [1.54, 1.807) is 0 Å². The molecule has 0 aliphatic rings. The number of benzene rings is 1. The van der Waals surface area contributed by atoms with E-state index in [-0.39, 0.29) is 6.61 Å². The molecule has 0 saturated heterocycles. The van der Waals surface area contributed by atoms with Crippen LogP contribution in [0.5, 0.6) is 5.75 Å². The molecule has 3 nitrogen and oxygen atoms in total. The number of alkyl halides is 1. The van der Waals surface area contributed by atoms with Crippen LogP contribution in [0.3, 0.4) is 0 Å². The standard InChI is InChI=1S/C20H32FO3P/c1-2-3-15-24-19-10-8-18(9-11-19)12-17-25-20(22)7-5-4-6-14-23-16-13-21/h8-11,25H,2-7,12-17H2,1H3. The lowest BCUT2D eigenvalue weighted by molar-refractivity contribution is -0.111. The minimum absolute atomic E-state index is 0.187. The maximum atomic E-state index is 11.9. The van der Waals surface area contributed by atoms with Gasteiger partial charge in [-0.25, -0.2) is 4.39 Å². The second-order valence-electron chi connectivity index (χ2n) is 6.06. The van der Waals surface area contributed by atoms with Gasteiger partial charge in [0.1, 0.15) is 12.4 Å². The number of carbonyl (C=O) groups is 1. The lowest BCUT2D eigenvalue weighted by Crippen LogP contribution is -1.99. The van der Waals surface area contributed by atoms with Gasteiger partial charge in [0.2, 0.25) is 0 Å². The number of unbranched alkanes of at least 4 members (excludes halogenated alkanes) is 3. The summed E-state index contributed by atoms with van der Waals surface area (Å²) in [6.07, 6.45) is 7.53.